The number of hydrogen-bond acceptors (Lipinski definition) is 3. The molecule has 6 nitrogen and oxygen atoms in total. The third-order valence-corrected chi connectivity index (χ3v) is 6.37. The quantitative estimate of drug-likeness (QED) is 0.338. The van der Waals surface area contributed by atoms with Crippen molar-refractivity contribution in [1.82, 2.24) is 15.1 Å². The minimum Gasteiger partial charge on any atom is -0.370 e. The molecule has 4 rings (SSSR count). The number of carbonyl (C=O) groups is 1. The summed E-state index contributed by atoms with van der Waals surface area (Å²) in [4.78, 5) is 20.6. The van der Waals surface area contributed by atoms with E-state index in [0.717, 1.165) is 32.0 Å². The van der Waals surface area contributed by atoms with Crippen LogP contribution < -0.4 is 5.32 Å². The summed E-state index contributed by atoms with van der Waals surface area (Å²) in [6.45, 7) is 8.86. The first-order valence-corrected chi connectivity index (χ1v) is 11.5. The van der Waals surface area contributed by atoms with Crippen LogP contribution in [0, 0.1) is 13.8 Å². The molecule has 0 bridgehead atoms. The Morgan fingerprint density at radius 2 is 1.88 bits per heavy atom. The molecule has 2 heterocycles. The van der Waals surface area contributed by atoms with Crippen molar-refractivity contribution >= 4 is 35.8 Å². The van der Waals surface area contributed by atoms with E-state index in [1.54, 1.807) is 0 Å². The number of aliphatic imine (C=N–C) groups is 1. The Balaban J connectivity index is 0.00000306. The molecule has 1 amide bonds. The molecule has 0 aliphatic carbocycles. The number of nitrogens with zero attached hydrogens (tertiary/aromatic N) is 3. The SMILES string of the molecule is CN=C(NCc1ccc(CN2CCCC2=O)cc1)N1CCOC(c2ccc(C)cc2C)C1.I. The Kier molecular flexibility index (Phi) is 9.14. The summed E-state index contributed by atoms with van der Waals surface area (Å²) >= 11 is 0. The van der Waals surface area contributed by atoms with Crippen molar-refractivity contribution in [2.45, 2.75) is 45.9 Å². The smallest absolute Gasteiger partial charge is 0.222 e. The van der Waals surface area contributed by atoms with E-state index in [2.05, 4.69) is 71.5 Å². The second-order valence-electron chi connectivity index (χ2n) is 8.80. The average molecular weight is 562 g/mol. The maximum atomic E-state index is 11.8. The lowest BCUT2D eigenvalue weighted by atomic mass is 10.00. The first-order valence-electron chi connectivity index (χ1n) is 11.5. The number of guanidine groups is 1. The number of morpholine rings is 1. The van der Waals surface area contributed by atoms with Crippen LogP contribution in [-0.2, 0) is 22.6 Å². The third kappa shape index (κ3) is 6.47. The van der Waals surface area contributed by atoms with Gasteiger partial charge in [-0.05, 0) is 42.5 Å². The molecule has 33 heavy (non-hydrogen) atoms. The fourth-order valence-corrected chi connectivity index (χ4v) is 4.58. The molecule has 7 heteroatoms. The Bertz CT molecular complexity index is 977. The highest BCUT2D eigenvalue weighted by Crippen LogP contribution is 2.26. The van der Waals surface area contributed by atoms with Crippen LogP contribution in [0.5, 0.6) is 0 Å². The molecule has 2 aliphatic rings. The van der Waals surface area contributed by atoms with Gasteiger partial charge in [0.1, 0.15) is 6.10 Å². The molecule has 2 aliphatic heterocycles. The predicted octanol–water partition coefficient (Wildman–Crippen LogP) is 4.19. The van der Waals surface area contributed by atoms with Crippen LogP contribution in [0.15, 0.2) is 47.5 Å². The number of hydrogen-bond donors (Lipinski definition) is 1. The number of ether oxygens (including phenoxy) is 1. The lowest BCUT2D eigenvalue weighted by Crippen LogP contribution is -2.48. The van der Waals surface area contributed by atoms with E-state index in [1.807, 2.05) is 11.9 Å². The minimum absolute atomic E-state index is 0. The number of aryl methyl sites for hydroxylation is 2. The largest absolute Gasteiger partial charge is 0.370 e. The number of nitrogens with one attached hydrogen (secondary N) is 1. The van der Waals surface area contributed by atoms with Gasteiger partial charge in [0.25, 0.3) is 0 Å². The molecule has 2 fully saturated rings. The summed E-state index contributed by atoms with van der Waals surface area (Å²) in [5, 5.41) is 3.51. The third-order valence-electron chi connectivity index (χ3n) is 6.37. The van der Waals surface area contributed by atoms with Crippen molar-refractivity contribution in [3.63, 3.8) is 0 Å². The van der Waals surface area contributed by atoms with Gasteiger partial charge in [-0.2, -0.15) is 0 Å². The van der Waals surface area contributed by atoms with Crippen LogP contribution in [0.3, 0.4) is 0 Å². The zero-order valence-corrected chi connectivity index (χ0v) is 22.2. The highest BCUT2D eigenvalue weighted by molar-refractivity contribution is 14.0. The Hall–Kier alpha value is -2.13. The second kappa shape index (κ2) is 11.8. The van der Waals surface area contributed by atoms with Crippen LogP contribution in [0.4, 0.5) is 0 Å². The average Bonchev–Trinajstić information content (AvgIpc) is 3.20. The molecule has 2 saturated heterocycles. The molecule has 2 aromatic carbocycles. The van der Waals surface area contributed by atoms with Crippen LogP contribution in [0.1, 0.15) is 46.8 Å². The first kappa shape index (κ1) is 25.5. The van der Waals surface area contributed by atoms with E-state index < -0.39 is 0 Å². The minimum atomic E-state index is 0. The number of halogens is 1. The second-order valence-corrected chi connectivity index (χ2v) is 8.80. The van der Waals surface area contributed by atoms with Gasteiger partial charge in [0.2, 0.25) is 5.91 Å². The van der Waals surface area contributed by atoms with E-state index in [-0.39, 0.29) is 36.0 Å². The monoisotopic (exact) mass is 562 g/mol. The molecule has 178 valence electrons. The summed E-state index contributed by atoms with van der Waals surface area (Å²) in [6, 6.07) is 15.1. The van der Waals surface area contributed by atoms with E-state index in [4.69, 9.17) is 4.74 Å². The van der Waals surface area contributed by atoms with Gasteiger partial charge in [-0.1, -0.05) is 48.0 Å². The number of rotatable bonds is 5. The van der Waals surface area contributed by atoms with Gasteiger partial charge in [0.15, 0.2) is 5.96 Å². The molecule has 1 N–H and O–H groups in total. The number of benzene rings is 2. The van der Waals surface area contributed by atoms with Gasteiger partial charge in [-0.25, -0.2) is 0 Å². The van der Waals surface area contributed by atoms with Crippen molar-refractivity contribution in [2.75, 3.05) is 33.3 Å². The van der Waals surface area contributed by atoms with Crippen LogP contribution in [0.25, 0.3) is 0 Å². The van der Waals surface area contributed by atoms with Gasteiger partial charge >= 0.3 is 0 Å². The molecule has 1 atom stereocenters. The lowest BCUT2D eigenvalue weighted by molar-refractivity contribution is -0.128. The van der Waals surface area contributed by atoms with Crippen molar-refractivity contribution in [1.29, 1.82) is 0 Å². The van der Waals surface area contributed by atoms with E-state index in [1.165, 1.54) is 27.8 Å². The normalized spacial score (nSPS) is 18.9. The lowest BCUT2D eigenvalue weighted by Gasteiger charge is -2.36. The zero-order chi connectivity index (χ0) is 22.5. The molecule has 0 radical (unpaired) electrons. The van der Waals surface area contributed by atoms with Gasteiger partial charge in [0.05, 0.1) is 13.2 Å². The van der Waals surface area contributed by atoms with Crippen molar-refractivity contribution in [2.24, 2.45) is 4.99 Å². The fraction of sp³-hybridized carbons (Fsp3) is 0.462. The first-order chi connectivity index (χ1) is 15.5. The van der Waals surface area contributed by atoms with Gasteiger partial charge in [0, 0.05) is 39.6 Å². The van der Waals surface area contributed by atoms with Crippen LogP contribution in [-0.4, -0.2) is 55.0 Å². The van der Waals surface area contributed by atoms with Crippen molar-refractivity contribution in [3.8, 4) is 0 Å². The maximum absolute atomic E-state index is 11.8. The van der Waals surface area contributed by atoms with Gasteiger partial charge in [-0.15, -0.1) is 24.0 Å². The molecule has 0 spiro atoms. The van der Waals surface area contributed by atoms with Crippen molar-refractivity contribution in [3.05, 3.63) is 70.3 Å². The number of amides is 1. The zero-order valence-electron chi connectivity index (χ0n) is 19.8. The summed E-state index contributed by atoms with van der Waals surface area (Å²) in [6.07, 6.45) is 1.72. The number of carbonyl (C=O) groups excluding carboxylic acids is 1. The molecule has 1 unspecified atom stereocenters. The molecular formula is C26H35IN4O2. The fourth-order valence-electron chi connectivity index (χ4n) is 4.58. The van der Waals surface area contributed by atoms with Gasteiger partial charge in [-0.3, -0.25) is 9.79 Å². The standard InChI is InChI=1S/C26H34N4O2.HI/c1-19-6-11-23(20(2)15-19)24-18-30(13-14-32-24)26(27-3)28-16-21-7-9-22(10-8-21)17-29-12-4-5-25(29)31;/h6-11,15,24H,4-5,12-14,16-18H2,1-3H3,(H,27,28);1H. The Morgan fingerprint density at radius 1 is 1.12 bits per heavy atom. The van der Waals surface area contributed by atoms with Crippen molar-refractivity contribution < 1.29 is 9.53 Å². The van der Waals surface area contributed by atoms with Crippen LogP contribution in [0.2, 0.25) is 0 Å². The van der Waals surface area contributed by atoms with Crippen LogP contribution >= 0.6 is 24.0 Å². The molecule has 0 saturated carbocycles. The Morgan fingerprint density at radius 3 is 2.55 bits per heavy atom. The topological polar surface area (TPSA) is 57.2 Å². The maximum Gasteiger partial charge on any atom is 0.222 e. The van der Waals surface area contributed by atoms with E-state index >= 15 is 0 Å². The highest BCUT2D eigenvalue weighted by atomic mass is 127. The molecular weight excluding hydrogens is 527 g/mol. The Labute approximate surface area is 214 Å². The summed E-state index contributed by atoms with van der Waals surface area (Å²) in [5.41, 5.74) is 6.17. The van der Waals surface area contributed by atoms with E-state index in [9.17, 15) is 4.79 Å². The summed E-state index contributed by atoms with van der Waals surface area (Å²) in [5.74, 6) is 1.17. The van der Waals surface area contributed by atoms with Gasteiger partial charge < -0.3 is 19.9 Å². The predicted molar refractivity (Wildman–Crippen MR) is 143 cm³/mol. The highest BCUT2D eigenvalue weighted by Gasteiger charge is 2.25. The summed E-state index contributed by atoms with van der Waals surface area (Å²) in [7, 11) is 1.83. The van der Waals surface area contributed by atoms with E-state index in [0.29, 0.717) is 26.1 Å². The summed E-state index contributed by atoms with van der Waals surface area (Å²) < 4.78 is 6.10. The number of likely N-dealkylation sites (tertiary alicyclic amines) is 1. The molecule has 0 aromatic heterocycles. The molecule has 2 aromatic rings.